The average molecular weight is 376 g/mol. The van der Waals surface area contributed by atoms with Gasteiger partial charge in [0.05, 0.1) is 7.11 Å². The standard InChI is InChI=1S/C20H33N5O2/c1-15(2)22-20(26)25-12-6-4-5-7-17(25)16-9-13-24(14-10-16)19-21-11-8-18(23-19)27-3/h8,11,15-17H,4-7,9-10,12-14H2,1-3H3,(H,22,26)/t17-/m0/s1. The Labute approximate surface area is 162 Å². The zero-order valence-corrected chi connectivity index (χ0v) is 16.9. The molecule has 0 saturated carbocycles. The first-order valence-electron chi connectivity index (χ1n) is 10.3. The molecule has 2 saturated heterocycles. The maximum atomic E-state index is 12.7. The number of hydrogen-bond acceptors (Lipinski definition) is 5. The molecule has 0 aromatic carbocycles. The molecule has 3 rings (SSSR count). The van der Waals surface area contributed by atoms with E-state index >= 15 is 0 Å². The molecule has 7 heteroatoms. The van der Waals surface area contributed by atoms with Crippen LogP contribution in [0, 0.1) is 5.92 Å². The summed E-state index contributed by atoms with van der Waals surface area (Å²) >= 11 is 0. The summed E-state index contributed by atoms with van der Waals surface area (Å²) in [4.78, 5) is 26.0. The first kappa shape index (κ1) is 19.7. The molecule has 150 valence electrons. The largest absolute Gasteiger partial charge is 0.481 e. The van der Waals surface area contributed by atoms with Gasteiger partial charge in [0.25, 0.3) is 0 Å². The number of nitrogens with one attached hydrogen (secondary N) is 1. The molecule has 1 aromatic rings. The summed E-state index contributed by atoms with van der Waals surface area (Å²) < 4.78 is 5.22. The topological polar surface area (TPSA) is 70.6 Å². The molecule has 2 fully saturated rings. The molecule has 7 nitrogen and oxygen atoms in total. The number of carbonyl (C=O) groups is 1. The third-order valence-corrected chi connectivity index (χ3v) is 5.67. The van der Waals surface area contributed by atoms with E-state index in [0.717, 1.165) is 51.3 Å². The van der Waals surface area contributed by atoms with Crippen LogP contribution in [0.4, 0.5) is 10.7 Å². The molecule has 2 aliphatic rings. The van der Waals surface area contributed by atoms with E-state index in [4.69, 9.17) is 4.74 Å². The average Bonchev–Trinajstić information content (AvgIpc) is 2.94. The number of ether oxygens (including phenoxy) is 1. The summed E-state index contributed by atoms with van der Waals surface area (Å²) in [5, 5.41) is 3.10. The van der Waals surface area contributed by atoms with E-state index in [2.05, 4.69) is 25.1 Å². The fourth-order valence-corrected chi connectivity index (χ4v) is 4.29. The van der Waals surface area contributed by atoms with Crippen molar-refractivity contribution >= 4 is 12.0 Å². The molecule has 0 radical (unpaired) electrons. The fraction of sp³-hybridized carbons (Fsp3) is 0.750. The van der Waals surface area contributed by atoms with Crippen molar-refractivity contribution in [3.8, 4) is 5.88 Å². The van der Waals surface area contributed by atoms with Crippen molar-refractivity contribution in [2.75, 3.05) is 31.6 Å². The van der Waals surface area contributed by atoms with Crippen LogP contribution < -0.4 is 15.0 Å². The van der Waals surface area contributed by atoms with Gasteiger partial charge in [-0.25, -0.2) is 9.78 Å². The summed E-state index contributed by atoms with van der Waals surface area (Å²) in [6.07, 6.45) is 8.54. The summed E-state index contributed by atoms with van der Waals surface area (Å²) in [7, 11) is 1.63. The lowest BCUT2D eigenvalue weighted by atomic mass is 9.86. The number of urea groups is 1. The minimum Gasteiger partial charge on any atom is -0.481 e. The maximum absolute atomic E-state index is 12.7. The molecule has 3 heterocycles. The molecule has 1 atom stereocenters. The molecule has 2 amide bonds. The van der Waals surface area contributed by atoms with Crippen molar-refractivity contribution in [1.29, 1.82) is 0 Å². The van der Waals surface area contributed by atoms with E-state index in [9.17, 15) is 4.79 Å². The van der Waals surface area contributed by atoms with E-state index in [1.54, 1.807) is 19.4 Å². The van der Waals surface area contributed by atoms with Gasteiger partial charge in [0.1, 0.15) is 0 Å². The van der Waals surface area contributed by atoms with Crippen molar-refractivity contribution in [2.45, 2.75) is 64.5 Å². The Kier molecular flexibility index (Phi) is 6.74. The van der Waals surface area contributed by atoms with Gasteiger partial charge in [-0.1, -0.05) is 12.8 Å². The predicted octanol–water partition coefficient (Wildman–Crippen LogP) is 3.06. The minimum atomic E-state index is 0.107. The zero-order valence-electron chi connectivity index (χ0n) is 16.9. The number of piperidine rings is 1. The molecule has 1 aromatic heterocycles. The molecule has 0 aliphatic carbocycles. The van der Waals surface area contributed by atoms with E-state index < -0.39 is 0 Å². The number of amides is 2. The van der Waals surface area contributed by atoms with Crippen molar-refractivity contribution in [1.82, 2.24) is 20.2 Å². The zero-order chi connectivity index (χ0) is 19.2. The van der Waals surface area contributed by atoms with E-state index in [0.29, 0.717) is 17.8 Å². The number of anilines is 1. The summed E-state index contributed by atoms with van der Waals surface area (Å²) in [6.45, 7) is 6.78. The van der Waals surface area contributed by atoms with Gasteiger partial charge < -0.3 is 19.9 Å². The number of rotatable bonds is 4. The molecule has 0 bridgehead atoms. The van der Waals surface area contributed by atoms with Gasteiger partial charge in [0.2, 0.25) is 11.8 Å². The lowest BCUT2D eigenvalue weighted by Crippen LogP contribution is -2.52. The van der Waals surface area contributed by atoms with Crippen LogP contribution in [0.1, 0.15) is 52.4 Å². The normalized spacial score (nSPS) is 21.9. The van der Waals surface area contributed by atoms with Crippen molar-refractivity contribution in [3.05, 3.63) is 12.3 Å². The molecule has 27 heavy (non-hydrogen) atoms. The van der Waals surface area contributed by atoms with Gasteiger partial charge >= 0.3 is 6.03 Å². The van der Waals surface area contributed by atoms with Crippen molar-refractivity contribution in [2.24, 2.45) is 5.92 Å². The highest BCUT2D eigenvalue weighted by atomic mass is 16.5. The fourth-order valence-electron chi connectivity index (χ4n) is 4.29. The summed E-state index contributed by atoms with van der Waals surface area (Å²) in [5.74, 6) is 1.88. The first-order chi connectivity index (χ1) is 13.1. The van der Waals surface area contributed by atoms with Crippen molar-refractivity contribution < 1.29 is 9.53 Å². The molecule has 0 spiro atoms. The Balaban J connectivity index is 1.64. The van der Waals surface area contributed by atoms with Crippen LogP contribution in [0.25, 0.3) is 0 Å². The second-order valence-electron chi connectivity index (χ2n) is 7.94. The second kappa shape index (κ2) is 9.24. The highest BCUT2D eigenvalue weighted by Crippen LogP contribution is 2.31. The van der Waals surface area contributed by atoms with Crippen LogP contribution in [-0.2, 0) is 0 Å². The van der Waals surface area contributed by atoms with Crippen molar-refractivity contribution in [3.63, 3.8) is 0 Å². The highest BCUT2D eigenvalue weighted by molar-refractivity contribution is 5.74. The van der Waals surface area contributed by atoms with Crippen LogP contribution in [-0.4, -0.2) is 59.7 Å². The molecule has 2 aliphatic heterocycles. The maximum Gasteiger partial charge on any atom is 0.317 e. The molecule has 1 N–H and O–H groups in total. The Morgan fingerprint density at radius 1 is 1.19 bits per heavy atom. The third-order valence-electron chi connectivity index (χ3n) is 5.67. The Hall–Kier alpha value is -2.05. The number of carbonyl (C=O) groups excluding carboxylic acids is 1. The van der Waals surface area contributed by atoms with Gasteiger partial charge in [-0.3, -0.25) is 0 Å². The lowest BCUT2D eigenvalue weighted by Gasteiger charge is -2.40. The van der Waals surface area contributed by atoms with E-state index in [-0.39, 0.29) is 12.1 Å². The first-order valence-corrected chi connectivity index (χ1v) is 10.3. The van der Waals surface area contributed by atoms with Gasteiger partial charge in [-0.05, 0) is 45.4 Å². The monoisotopic (exact) mass is 375 g/mol. The number of likely N-dealkylation sites (tertiary alicyclic amines) is 1. The Morgan fingerprint density at radius 3 is 2.67 bits per heavy atom. The van der Waals surface area contributed by atoms with Gasteiger partial charge in [-0.2, -0.15) is 4.98 Å². The Bertz CT molecular complexity index is 616. The van der Waals surface area contributed by atoms with Gasteiger partial charge in [0, 0.05) is 44.0 Å². The lowest BCUT2D eigenvalue weighted by molar-refractivity contribution is 0.135. The minimum absolute atomic E-state index is 0.107. The summed E-state index contributed by atoms with van der Waals surface area (Å²) in [5.41, 5.74) is 0. The van der Waals surface area contributed by atoms with Crippen LogP contribution in [0.15, 0.2) is 12.3 Å². The number of aromatic nitrogens is 2. The molecule has 0 unspecified atom stereocenters. The third kappa shape index (κ3) is 5.02. The number of hydrogen-bond donors (Lipinski definition) is 1. The molecular weight excluding hydrogens is 342 g/mol. The van der Waals surface area contributed by atoms with E-state index in [1.165, 1.54) is 12.8 Å². The highest BCUT2D eigenvalue weighted by Gasteiger charge is 2.34. The number of nitrogens with zero attached hydrogens (tertiary/aromatic N) is 4. The van der Waals surface area contributed by atoms with Gasteiger partial charge in [0.15, 0.2) is 0 Å². The van der Waals surface area contributed by atoms with Crippen LogP contribution in [0.5, 0.6) is 5.88 Å². The second-order valence-corrected chi connectivity index (χ2v) is 7.94. The molecular formula is C20H33N5O2. The van der Waals surface area contributed by atoms with Crippen LogP contribution in [0.3, 0.4) is 0 Å². The predicted molar refractivity (Wildman–Crippen MR) is 106 cm³/mol. The van der Waals surface area contributed by atoms with Crippen LogP contribution >= 0.6 is 0 Å². The Morgan fingerprint density at radius 2 is 1.96 bits per heavy atom. The van der Waals surface area contributed by atoms with Crippen LogP contribution in [0.2, 0.25) is 0 Å². The summed E-state index contributed by atoms with van der Waals surface area (Å²) in [6, 6.07) is 2.40. The SMILES string of the molecule is COc1ccnc(N2CCC([C@@H]3CCCCCN3C(=O)NC(C)C)CC2)n1. The van der Waals surface area contributed by atoms with Gasteiger partial charge in [-0.15, -0.1) is 0 Å². The van der Waals surface area contributed by atoms with E-state index in [1.807, 2.05) is 13.8 Å². The quantitative estimate of drug-likeness (QED) is 0.876. The number of methoxy groups -OCH3 is 1. The smallest absolute Gasteiger partial charge is 0.317 e.